The Morgan fingerprint density at radius 1 is 1.12 bits per heavy atom. The van der Waals surface area contributed by atoms with Crippen molar-refractivity contribution in [3.8, 4) is 5.75 Å². The number of methoxy groups -OCH3 is 1. The maximum Gasteiger partial charge on any atom is 0.191 e. The van der Waals surface area contributed by atoms with E-state index in [9.17, 15) is 0 Å². The van der Waals surface area contributed by atoms with Crippen molar-refractivity contribution < 1.29 is 9.47 Å². The van der Waals surface area contributed by atoms with E-state index < -0.39 is 0 Å². The number of halogens is 1. The first kappa shape index (κ1) is 21.2. The molecule has 0 atom stereocenters. The monoisotopic (exact) mass is 456 g/mol. The molecular formula is C18H25IN4O2. The molecule has 25 heavy (non-hydrogen) atoms. The van der Waals surface area contributed by atoms with E-state index in [-0.39, 0.29) is 24.0 Å². The molecule has 6 nitrogen and oxygen atoms in total. The van der Waals surface area contributed by atoms with Crippen molar-refractivity contribution in [1.29, 1.82) is 0 Å². The van der Waals surface area contributed by atoms with Crippen LogP contribution in [0.2, 0.25) is 0 Å². The minimum atomic E-state index is 0. The number of aromatic nitrogens is 1. The molecule has 0 amide bonds. The number of nitrogens with one attached hydrogen (secondary N) is 2. The van der Waals surface area contributed by atoms with Crippen LogP contribution in [-0.2, 0) is 17.9 Å². The Morgan fingerprint density at radius 3 is 2.56 bits per heavy atom. The number of benzene rings is 1. The number of rotatable bonds is 8. The third-order valence-corrected chi connectivity index (χ3v) is 3.32. The molecule has 136 valence electrons. The van der Waals surface area contributed by atoms with Gasteiger partial charge in [0, 0.05) is 33.4 Å². The second kappa shape index (κ2) is 12.5. The van der Waals surface area contributed by atoms with Crippen molar-refractivity contribution in [3.63, 3.8) is 0 Å². The number of ether oxygens (including phenoxy) is 2. The third kappa shape index (κ3) is 8.17. The molecule has 2 N–H and O–H groups in total. The van der Waals surface area contributed by atoms with Crippen LogP contribution in [0.25, 0.3) is 0 Å². The van der Waals surface area contributed by atoms with Gasteiger partial charge in [0.1, 0.15) is 12.4 Å². The molecule has 1 heterocycles. The lowest BCUT2D eigenvalue weighted by Crippen LogP contribution is -2.38. The van der Waals surface area contributed by atoms with Gasteiger partial charge in [0.05, 0.1) is 12.3 Å². The summed E-state index contributed by atoms with van der Waals surface area (Å²) in [5.74, 6) is 1.58. The van der Waals surface area contributed by atoms with Gasteiger partial charge < -0.3 is 20.1 Å². The van der Waals surface area contributed by atoms with Crippen LogP contribution in [0, 0.1) is 0 Å². The predicted molar refractivity (Wildman–Crippen MR) is 111 cm³/mol. The molecule has 0 aliphatic rings. The zero-order chi connectivity index (χ0) is 17.0. The van der Waals surface area contributed by atoms with Gasteiger partial charge >= 0.3 is 0 Å². The van der Waals surface area contributed by atoms with Crippen molar-refractivity contribution >= 4 is 29.9 Å². The summed E-state index contributed by atoms with van der Waals surface area (Å²) in [6, 6.07) is 13.8. The van der Waals surface area contributed by atoms with Crippen LogP contribution < -0.4 is 15.4 Å². The summed E-state index contributed by atoms with van der Waals surface area (Å²) in [5.41, 5.74) is 2.06. The topological polar surface area (TPSA) is 67.8 Å². The molecule has 2 rings (SSSR count). The highest BCUT2D eigenvalue weighted by Crippen LogP contribution is 2.13. The van der Waals surface area contributed by atoms with Crippen LogP contribution in [0.15, 0.2) is 53.7 Å². The first-order valence-electron chi connectivity index (χ1n) is 7.87. The molecule has 0 saturated carbocycles. The third-order valence-electron chi connectivity index (χ3n) is 3.32. The molecule has 0 spiro atoms. The minimum absolute atomic E-state index is 0. The van der Waals surface area contributed by atoms with Gasteiger partial charge in [0.15, 0.2) is 5.96 Å². The standard InChI is InChI=1S/C18H24N4O2.HI/c1-19-18(21-11-12-23-2)22-13-15-6-8-17(9-7-15)24-14-16-5-3-4-10-20-16;/h3-10H,11-14H2,1-2H3,(H2,19,21,22);1H. The zero-order valence-corrected chi connectivity index (χ0v) is 16.9. The van der Waals surface area contributed by atoms with E-state index in [1.165, 1.54) is 0 Å². The van der Waals surface area contributed by atoms with Crippen LogP contribution >= 0.6 is 24.0 Å². The fraction of sp³-hybridized carbons (Fsp3) is 0.333. The van der Waals surface area contributed by atoms with Gasteiger partial charge in [-0.05, 0) is 29.8 Å². The van der Waals surface area contributed by atoms with Gasteiger partial charge in [-0.25, -0.2) is 0 Å². The molecule has 0 unspecified atom stereocenters. The number of hydrogen-bond acceptors (Lipinski definition) is 4. The number of aliphatic imine (C=N–C) groups is 1. The van der Waals surface area contributed by atoms with Gasteiger partial charge in [-0.2, -0.15) is 0 Å². The molecule has 1 aromatic carbocycles. The molecule has 0 saturated heterocycles. The normalized spacial score (nSPS) is 10.7. The molecule has 1 aromatic heterocycles. The molecule has 0 fully saturated rings. The number of guanidine groups is 1. The molecule has 0 radical (unpaired) electrons. The van der Waals surface area contributed by atoms with Crippen molar-refractivity contribution in [2.75, 3.05) is 27.3 Å². The summed E-state index contributed by atoms with van der Waals surface area (Å²) in [4.78, 5) is 8.40. The largest absolute Gasteiger partial charge is 0.487 e. The van der Waals surface area contributed by atoms with Gasteiger partial charge in [-0.3, -0.25) is 9.98 Å². The van der Waals surface area contributed by atoms with E-state index in [0.717, 1.165) is 29.5 Å². The van der Waals surface area contributed by atoms with Gasteiger partial charge in [0.25, 0.3) is 0 Å². The van der Waals surface area contributed by atoms with E-state index in [1.54, 1.807) is 20.4 Å². The lowest BCUT2D eigenvalue weighted by atomic mass is 10.2. The first-order valence-corrected chi connectivity index (χ1v) is 7.87. The van der Waals surface area contributed by atoms with Crippen LogP contribution in [0.5, 0.6) is 5.75 Å². The van der Waals surface area contributed by atoms with Gasteiger partial charge in [0.2, 0.25) is 0 Å². The van der Waals surface area contributed by atoms with Crippen LogP contribution in [0.3, 0.4) is 0 Å². The Balaban J connectivity index is 0.00000312. The van der Waals surface area contributed by atoms with E-state index in [1.807, 2.05) is 42.5 Å². The van der Waals surface area contributed by atoms with Crippen LogP contribution in [0.1, 0.15) is 11.3 Å². The summed E-state index contributed by atoms with van der Waals surface area (Å²) in [7, 11) is 3.42. The fourth-order valence-electron chi connectivity index (χ4n) is 2.02. The van der Waals surface area contributed by atoms with Crippen LogP contribution in [0.4, 0.5) is 0 Å². The second-order valence-corrected chi connectivity index (χ2v) is 5.10. The average molecular weight is 456 g/mol. The molecule has 7 heteroatoms. The molecule has 0 bridgehead atoms. The summed E-state index contributed by atoms with van der Waals surface area (Å²) in [6.07, 6.45) is 1.76. The highest BCUT2D eigenvalue weighted by molar-refractivity contribution is 14.0. The quantitative estimate of drug-likeness (QED) is 0.277. The minimum Gasteiger partial charge on any atom is -0.487 e. The fourth-order valence-corrected chi connectivity index (χ4v) is 2.02. The van der Waals surface area contributed by atoms with E-state index in [0.29, 0.717) is 19.8 Å². The highest BCUT2D eigenvalue weighted by atomic mass is 127. The summed E-state index contributed by atoms with van der Waals surface area (Å²) >= 11 is 0. The lowest BCUT2D eigenvalue weighted by Gasteiger charge is -2.12. The molecule has 0 aliphatic carbocycles. The van der Waals surface area contributed by atoms with Crippen molar-refractivity contribution in [2.24, 2.45) is 4.99 Å². The first-order chi connectivity index (χ1) is 11.8. The Bertz CT molecular complexity index is 621. The van der Waals surface area contributed by atoms with Gasteiger partial charge in [-0.15, -0.1) is 24.0 Å². The summed E-state index contributed by atoms with van der Waals surface area (Å²) in [6.45, 7) is 2.52. The molecular weight excluding hydrogens is 431 g/mol. The highest BCUT2D eigenvalue weighted by Gasteiger charge is 2.00. The number of pyridine rings is 1. The lowest BCUT2D eigenvalue weighted by molar-refractivity contribution is 0.203. The van der Waals surface area contributed by atoms with Gasteiger partial charge in [-0.1, -0.05) is 18.2 Å². The van der Waals surface area contributed by atoms with Crippen molar-refractivity contribution in [2.45, 2.75) is 13.2 Å². The van der Waals surface area contributed by atoms with E-state index in [2.05, 4.69) is 20.6 Å². The Morgan fingerprint density at radius 2 is 1.92 bits per heavy atom. The van der Waals surface area contributed by atoms with Crippen molar-refractivity contribution in [3.05, 3.63) is 59.9 Å². The Hall–Kier alpha value is -1.87. The molecule has 0 aliphatic heterocycles. The zero-order valence-electron chi connectivity index (χ0n) is 14.6. The summed E-state index contributed by atoms with van der Waals surface area (Å²) in [5, 5.41) is 6.43. The SMILES string of the molecule is CN=C(NCCOC)NCc1ccc(OCc2ccccn2)cc1.I. The number of nitrogens with zero attached hydrogens (tertiary/aromatic N) is 2. The second-order valence-electron chi connectivity index (χ2n) is 5.10. The number of hydrogen-bond donors (Lipinski definition) is 2. The maximum atomic E-state index is 5.73. The predicted octanol–water partition coefficient (Wildman–Crippen LogP) is 2.59. The van der Waals surface area contributed by atoms with Crippen molar-refractivity contribution in [1.82, 2.24) is 15.6 Å². The molecule has 2 aromatic rings. The summed E-state index contributed by atoms with van der Waals surface area (Å²) < 4.78 is 10.7. The Kier molecular flexibility index (Phi) is 10.6. The van der Waals surface area contributed by atoms with E-state index >= 15 is 0 Å². The van der Waals surface area contributed by atoms with E-state index in [4.69, 9.17) is 9.47 Å². The average Bonchev–Trinajstić information content (AvgIpc) is 2.64. The Labute approximate surface area is 166 Å². The smallest absolute Gasteiger partial charge is 0.191 e. The maximum absolute atomic E-state index is 5.73. The van der Waals surface area contributed by atoms with Crippen LogP contribution in [-0.4, -0.2) is 38.3 Å².